The predicted molar refractivity (Wildman–Crippen MR) is 102 cm³/mol. The van der Waals surface area contributed by atoms with E-state index in [1.165, 1.54) is 30.4 Å². The molecule has 2 saturated carbocycles. The molecule has 5 atom stereocenters. The number of hydrogen-bond acceptors (Lipinski definition) is 5. The van der Waals surface area contributed by atoms with E-state index >= 15 is 0 Å². The molecule has 3 unspecified atom stereocenters. The van der Waals surface area contributed by atoms with Crippen molar-refractivity contribution >= 4 is 0 Å². The third kappa shape index (κ3) is 3.24. The lowest BCUT2D eigenvalue weighted by molar-refractivity contribution is -0.125. The molecule has 0 heterocycles. The molecule has 0 bridgehead atoms. The van der Waals surface area contributed by atoms with Gasteiger partial charge in [-0.2, -0.15) is 0 Å². The minimum atomic E-state index is 0.154. The molecule has 1 N–H and O–H groups in total. The molecule has 3 aliphatic carbocycles. The molecule has 27 heavy (non-hydrogen) atoms. The SMILES string of the molecule is COCOc1cc2c(cc1O)C1CC[C@@]3(C)C(CC[C@@H]3OCOC)C1CC2. The minimum Gasteiger partial charge on any atom is -0.504 e. The van der Waals surface area contributed by atoms with Crippen LogP contribution in [0.3, 0.4) is 0 Å². The predicted octanol–water partition coefficient (Wildman–Crippen LogP) is 4.22. The molecule has 150 valence electrons. The van der Waals surface area contributed by atoms with Gasteiger partial charge in [-0.3, -0.25) is 0 Å². The summed E-state index contributed by atoms with van der Waals surface area (Å²) in [6, 6.07) is 3.97. The zero-order valence-electron chi connectivity index (χ0n) is 16.7. The molecule has 5 heteroatoms. The zero-order valence-corrected chi connectivity index (χ0v) is 16.7. The molecule has 5 nitrogen and oxygen atoms in total. The minimum absolute atomic E-state index is 0.154. The Hall–Kier alpha value is -1.30. The van der Waals surface area contributed by atoms with Crippen molar-refractivity contribution < 1.29 is 24.1 Å². The van der Waals surface area contributed by atoms with Gasteiger partial charge in [0.25, 0.3) is 0 Å². The lowest BCUT2D eigenvalue weighted by Crippen LogP contribution is -2.44. The van der Waals surface area contributed by atoms with Crippen LogP contribution in [0, 0.1) is 17.3 Å². The molecular weight excluding hydrogens is 344 g/mol. The highest BCUT2D eigenvalue weighted by molar-refractivity contribution is 5.49. The van der Waals surface area contributed by atoms with Gasteiger partial charge in [0.15, 0.2) is 18.3 Å². The number of rotatable bonds is 6. The Morgan fingerprint density at radius 1 is 1.07 bits per heavy atom. The van der Waals surface area contributed by atoms with Crippen molar-refractivity contribution in [3.8, 4) is 11.5 Å². The van der Waals surface area contributed by atoms with Crippen molar-refractivity contribution in [2.75, 3.05) is 27.8 Å². The Balaban J connectivity index is 1.57. The number of ether oxygens (including phenoxy) is 4. The smallest absolute Gasteiger partial charge is 0.188 e. The number of phenolic OH excluding ortho intramolecular Hbond substituents is 1. The van der Waals surface area contributed by atoms with Crippen molar-refractivity contribution in [1.82, 2.24) is 0 Å². The van der Waals surface area contributed by atoms with Gasteiger partial charge >= 0.3 is 0 Å². The van der Waals surface area contributed by atoms with Crippen molar-refractivity contribution in [3.63, 3.8) is 0 Å². The van der Waals surface area contributed by atoms with Crippen LogP contribution in [0.4, 0.5) is 0 Å². The van der Waals surface area contributed by atoms with E-state index in [2.05, 4.69) is 6.92 Å². The van der Waals surface area contributed by atoms with E-state index in [9.17, 15) is 5.11 Å². The summed E-state index contributed by atoms with van der Waals surface area (Å²) in [4.78, 5) is 0. The van der Waals surface area contributed by atoms with Gasteiger partial charge in [0.1, 0.15) is 6.79 Å². The van der Waals surface area contributed by atoms with Crippen LogP contribution in [-0.4, -0.2) is 39.0 Å². The normalized spacial score (nSPS) is 34.6. The summed E-state index contributed by atoms with van der Waals surface area (Å²) in [6.07, 6.45) is 7.28. The van der Waals surface area contributed by atoms with Crippen molar-refractivity contribution in [1.29, 1.82) is 0 Å². The second-order valence-electron chi connectivity index (χ2n) is 8.67. The van der Waals surface area contributed by atoms with Crippen LogP contribution >= 0.6 is 0 Å². The first-order valence-electron chi connectivity index (χ1n) is 10.2. The van der Waals surface area contributed by atoms with Gasteiger partial charge in [0.2, 0.25) is 0 Å². The van der Waals surface area contributed by atoms with E-state index in [-0.39, 0.29) is 18.0 Å². The molecule has 0 aromatic heterocycles. The van der Waals surface area contributed by atoms with Crippen molar-refractivity contribution in [2.45, 2.75) is 57.5 Å². The van der Waals surface area contributed by atoms with E-state index in [0.29, 0.717) is 36.4 Å². The summed E-state index contributed by atoms with van der Waals surface area (Å²) in [6.45, 7) is 2.97. The lowest BCUT2D eigenvalue weighted by atomic mass is 9.55. The van der Waals surface area contributed by atoms with Crippen LogP contribution in [0.15, 0.2) is 12.1 Å². The zero-order chi connectivity index (χ0) is 19.0. The molecule has 2 fully saturated rings. The van der Waals surface area contributed by atoms with E-state index < -0.39 is 0 Å². The Labute approximate surface area is 162 Å². The number of aromatic hydroxyl groups is 1. The molecule has 4 rings (SSSR count). The molecule has 3 aliphatic rings. The van der Waals surface area contributed by atoms with Gasteiger partial charge in [-0.25, -0.2) is 0 Å². The Morgan fingerprint density at radius 2 is 1.89 bits per heavy atom. The van der Waals surface area contributed by atoms with Crippen LogP contribution in [0.5, 0.6) is 11.5 Å². The number of hydrogen-bond donors (Lipinski definition) is 1. The highest BCUT2D eigenvalue weighted by Crippen LogP contribution is 2.61. The van der Waals surface area contributed by atoms with Crippen molar-refractivity contribution in [3.05, 3.63) is 23.3 Å². The number of phenols is 1. The topological polar surface area (TPSA) is 57.2 Å². The fraction of sp³-hybridized carbons (Fsp3) is 0.727. The summed E-state index contributed by atoms with van der Waals surface area (Å²) in [5, 5.41) is 10.4. The Bertz CT molecular complexity index is 675. The third-order valence-electron chi connectivity index (χ3n) is 7.44. The second kappa shape index (κ2) is 7.61. The van der Waals surface area contributed by atoms with E-state index in [1.54, 1.807) is 14.2 Å². The summed E-state index contributed by atoms with van der Waals surface area (Å²) in [7, 11) is 3.28. The lowest BCUT2D eigenvalue weighted by Gasteiger charge is -2.50. The summed E-state index contributed by atoms with van der Waals surface area (Å²) < 4.78 is 21.7. The van der Waals surface area contributed by atoms with E-state index in [0.717, 1.165) is 19.3 Å². The van der Waals surface area contributed by atoms with Gasteiger partial charge in [0, 0.05) is 14.2 Å². The maximum absolute atomic E-state index is 10.4. The molecule has 0 amide bonds. The van der Waals surface area contributed by atoms with Crippen LogP contribution in [-0.2, 0) is 20.6 Å². The highest BCUT2D eigenvalue weighted by atomic mass is 16.7. The standard InChI is InChI=1S/C22H32O5/c1-22-9-8-15-16(18(22)6-7-21(22)27-13-25-3)5-4-14-10-20(26-12-24-2)19(23)11-17(14)15/h10-11,15-16,18,21,23H,4-9,12-13H2,1-3H3/t15?,16?,18?,21-,22-/m0/s1. The van der Waals surface area contributed by atoms with E-state index in [1.807, 2.05) is 12.1 Å². The maximum atomic E-state index is 10.4. The average Bonchev–Trinajstić information content (AvgIpc) is 3.01. The molecule has 0 aliphatic heterocycles. The first-order chi connectivity index (χ1) is 13.1. The molecule has 1 aromatic rings. The van der Waals surface area contributed by atoms with Gasteiger partial charge in [-0.1, -0.05) is 6.92 Å². The number of benzene rings is 1. The quantitative estimate of drug-likeness (QED) is 0.754. The van der Waals surface area contributed by atoms with Crippen LogP contribution < -0.4 is 4.74 Å². The van der Waals surface area contributed by atoms with Gasteiger partial charge in [0.05, 0.1) is 6.10 Å². The highest BCUT2D eigenvalue weighted by Gasteiger charge is 2.55. The molecule has 0 spiro atoms. The second-order valence-corrected chi connectivity index (χ2v) is 8.67. The molecule has 0 saturated heterocycles. The van der Waals surface area contributed by atoms with Gasteiger partial charge in [-0.15, -0.1) is 0 Å². The van der Waals surface area contributed by atoms with Crippen molar-refractivity contribution in [2.24, 2.45) is 17.3 Å². The van der Waals surface area contributed by atoms with Crippen LogP contribution in [0.2, 0.25) is 0 Å². The largest absolute Gasteiger partial charge is 0.504 e. The first-order valence-corrected chi connectivity index (χ1v) is 10.2. The summed E-state index contributed by atoms with van der Waals surface area (Å²) >= 11 is 0. The number of aryl methyl sites for hydroxylation is 1. The first kappa shape index (κ1) is 19.0. The van der Waals surface area contributed by atoms with Crippen LogP contribution in [0.1, 0.15) is 56.1 Å². The van der Waals surface area contributed by atoms with Gasteiger partial charge < -0.3 is 24.1 Å². The fourth-order valence-corrected chi connectivity index (χ4v) is 6.20. The average molecular weight is 376 g/mol. The fourth-order valence-electron chi connectivity index (χ4n) is 6.20. The third-order valence-corrected chi connectivity index (χ3v) is 7.44. The number of fused-ring (bicyclic) bond motifs is 5. The van der Waals surface area contributed by atoms with Crippen LogP contribution in [0.25, 0.3) is 0 Å². The monoisotopic (exact) mass is 376 g/mol. The summed E-state index contributed by atoms with van der Waals surface area (Å²) in [5.41, 5.74) is 2.91. The summed E-state index contributed by atoms with van der Waals surface area (Å²) in [5.74, 6) is 2.67. The Kier molecular flexibility index (Phi) is 5.36. The molecule has 1 aromatic carbocycles. The Morgan fingerprint density at radius 3 is 2.67 bits per heavy atom. The van der Waals surface area contributed by atoms with Gasteiger partial charge in [-0.05, 0) is 85.0 Å². The molecule has 0 radical (unpaired) electrons. The van der Waals surface area contributed by atoms with E-state index in [4.69, 9.17) is 18.9 Å². The number of methoxy groups -OCH3 is 2. The molecular formula is C22H32O5. The maximum Gasteiger partial charge on any atom is 0.188 e.